The molecule has 1 aliphatic rings. The Labute approximate surface area is 173 Å². The molecule has 0 spiro atoms. The molecule has 3 rings (SSSR count). The minimum absolute atomic E-state index is 0.0963. The van der Waals surface area contributed by atoms with E-state index < -0.39 is 0 Å². The fraction of sp³-hybridized carbons (Fsp3) is 0.480. The summed E-state index contributed by atoms with van der Waals surface area (Å²) < 4.78 is 16.6. The lowest BCUT2D eigenvalue weighted by Gasteiger charge is -2.32. The number of aryl methyl sites for hydroxylation is 2. The topological polar surface area (TPSA) is 48.7 Å². The molecule has 0 fully saturated rings. The number of rotatable bonds is 6. The zero-order valence-electron chi connectivity index (χ0n) is 17.9. The van der Waals surface area contributed by atoms with Gasteiger partial charge in [-0.3, -0.25) is 4.79 Å². The molecule has 2 heterocycles. The number of hydrogen-bond donors (Lipinski definition) is 0. The van der Waals surface area contributed by atoms with Crippen LogP contribution in [-0.2, 0) is 21.4 Å². The van der Waals surface area contributed by atoms with Crippen molar-refractivity contribution in [2.45, 2.75) is 65.2 Å². The average molecular weight is 395 g/mol. The Hall–Kier alpha value is -2.67. The zero-order chi connectivity index (χ0) is 20.9. The van der Waals surface area contributed by atoms with E-state index in [4.69, 9.17) is 13.9 Å². The second-order valence-electron chi connectivity index (χ2n) is 8.17. The summed E-state index contributed by atoms with van der Waals surface area (Å²) in [5.41, 5.74) is 3.44. The lowest BCUT2D eigenvalue weighted by atomic mass is 9.78. The third-order valence-electron chi connectivity index (χ3n) is 5.38. The van der Waals surface area contributed by atoms with Crippen LogP contribution < -0.4 is 4.74 Å². The number of hydrogen-bond acceptors (Lipinski definition) is 4. The molecule has 0 radical (unpaired) electrons. The van der Waals surface area contributed by atoms with Gasteiger partial charge >= 0.3 is 5.97 Å². The largest absolute Gasteiger partial charge is 0.493 e. The van der Waals surface area contributed by atoms with Crippen LogP contribution >= 0.6 is 0 Å². The molecule has 0 unspecified atom stereocenters. The molecule has 1 aliphatic heterocycles. The Morgan fingerprint density at radius 1 is 1.21 bits per heavy atom. The number of carbonyl (C=O) groups is 1. The van der Waals surface area contributed by atoms with Gasteiger partial charge in [-0.05, 0) is 74.3 Å². The van der Waals surface area contributed by atoms with E-state index in [1.165, 1.54) is 5.56 Å². The van der Waals surface area contributed by atoms with Crippen molar-refractivity contribution in [2.75, 3.05) is 13.2 Å². The summed E-state index contributed by atoms with van der Waals surface area (Å²) >= 11 is 0. The highest BCUT2D eigenvalue weighted by molar-refractivity contribution is 5.69. The molecule has 0 amide bonds. The molecule has 154 valence electrons. The van der Waals surface area contributed by atoms with E-state index in [1.54, 1.807) is 0 Å². The second-order valence-corrected chi connectivity index (χ2v) is 8.17. The van der Waals surface area contributed by atoms with E-state index in [1.807, 2.05) is 19.1 Å². The summed E-state index contributed by atoms with van der Waals surface area (Å²) in [5.74, 6) is 8.83. The number of fused-ring (bicyclic) bond motifs is 1. The molecule has 0 N–H and O–H groups in total. The minimum atomic E-state index is -0.132. The smallest absolute Gasteiger partial charge is 0.305 e. The number of ether oxygens (including phenoxy) is 2. The molecule has 4 heteroatoms. The molecule has 0 atom stereocenters. The van der Waals surface area contributed by atoms with E-state index in [0.717, 1.165) is 54.9 Å². The first-order valence-corrected chi connectivity index (χ1v) is 10.4. The molecule has 2 aromatic rings. The summed E-state index contributed by atoms with van der Waals surface area (Å²) in [6.07, 6.45) is 3.95. The number of esters is 1. The van der Waals surface area contributed by atoms with Crippen LogP contribution in [0.2, 0.25) is 0 Å². The molecule has 0 saturated heterocycles. The first kappa shape index (κ1) is 21.0. The van der Waals surface area contributed by atoms with Crippen LogP contribution in [0.5, 0.6) is 5.75 Å². The van der Waals surface area contributed by atoms with Crippen molar-refractivity contribution in [2.24, 2.45) is 0 Å². The molecule has 29 heavy (non-hydrogen) atoms. The van der Waals surface area contributed by atoms with E-state index in [-0.39, 0.29) is 11.4 Å². The molecule has 0 bridgehead atoms. The van der Waals surface area contributed by atoms with Gasteiger partial charge in [-0.2, -0.15) is 0 Å². The number of furan rings is 1. The van der Waals surface area contributed by atoms with E-state index in [9.17, 15) is 4.79 Å². The van der Waals surface area contributed by atoms with Crippen molar-refractivity contribution in [3.8, 4) is 17.6 Å². The summed E-state index contributed by atoms with van der Waals surface area (Å²) in [5, 5.41) is 0. The SMILES string of the molecule is CCOC(=O)CCCCc1ccc(C#Cc2cc3c(cc2C)OCCC3(C)C)o1. The van der Waals surface area contributed by atoms with Crippen molar-refractivity contribution >= 4 is 5.97 Å². The molecular weight excluding hydrogens is 364 g/mol. The maximum atomic E-state index is 11.4. The highest BCUT2D eigenvalue weighted by Crippen LogP contribution is 2.39. The van der Waals surface area contributed by atoms with Crippen molar-refractivity contribution in [1.29, 1.82) is 0 Å². The van der Waals surface area contributed by atoms with Gasteiger partial charge in [0.2, 0.25) is 0 Å². The number of unbranched alkanes of at least 4 members (excludes halogenated alkanes) is 1. The average Bonchev–Trinajstić information content (AvgIpc) is 3.12. The third kappa shape index (κ3) is 5.44. The van der Waals surface area contributed by atoms with Crippen LogP contribution in [0.1, 0.15) is 74.7 Å². The Bertz CT molecular complexity index is 924. The molecule has 4 nitrogen and oxygen atoms in total. The van der Waals surface area contributed by atoms with Crippen molar-refractivity contribution < 1.29 is 18.7 Å². The quantitative estimate of drug-likeness (QED) is 0.378. The fourth-order valence-electron chi connectivity index (χ4n) is 3.53. The van der Waals surface area contributed by atoms with Crippen LogP contribution in [-0.4, -0.2) is 19.2 Å². The Balaban J connectivity index is 1.63. The van der Waals surface area contributed by atoms with E-state index in [0.29, 0.717) is 18.8 Å². The maximum Gasteiger partial charge on any atom is 0.305 e. The normalized spacial score (nSPS) is 14.3. The van der Waals surface area contributed by atoms with Crippen LogP contribution in [0.25, 0.3) is 0 Å². The Morgan fingerprint density at radius 2 is 2.03 bits per heavy atom. The third-order valence-corrected chi connectivity index (χ3v) is 5.38. The summed E-state index contributed by atoms with van der Waals surface area (Å²) in [7, 11) is 0. The standard InChI is InChI=1S/C25H30O4/c1-5-27-24(26)9-7-6-8-20-12-13-21(29-20)11-10-19-17-22-23(16-18(19)2)28-15-14-25(22,3)4/h12-13,16-17H,5-9,14-15H2,1-4H3. The van der Waals surface area contributed by atoms with Gasteiger partial charge in [0.05, 0.1) is 13.2 Å². The minimum Gasteiger partial charge on any atom is -0.493 e. The van der Waals surface area contributed by atoms with Gasteiger partial charge in [-0.1, -0.05) is 19.8 Å². The van der Waals surface area contributed by atoms with Gasteiger partial charge in [-0.25, -0.2) is 0 Å². The van der Waals surface area contributed by atoms with Crippen LogP contribution in [0, 0.1) is 18.8 Å². The lowest BCUT2D eigenvalue weighted by molar-refractivity contribution is -0.143. The molecule has 0 saturated carbocycles. The van der Waals surface area contributed by atoms with Gasteiger partial charge < -0.3 is 13.9 Å². The Kier molecular flexibility index (Phi) is 6.69. The molecular formula is C25H30O4. The van der Waals surface area contributed by atoms with E-state index in [2.05, 4.69) is 44.7 Å². The monoisotopic (exact) mass is 394 g/mol. The second kappa shape index (κ2) is 9.22. The maximum absolute atomic E-state index is 11.4. The van der Waals surface area contributed by atoms with E-state index >= 15 is 0 Å². The number of benzene rings is 1. The van der Waals surface area contributed by atoms with Gasteiger partial charge in [-0.15, -0.1) is 0 Å². The van der Waals surface area contributed by atoms with Gasteiger partial charge in [0, 0.05) is 24.0 Å². The van der Waals surface area contributed by atoms with Crippen LogP contribution in [0.4, 0.5) is 0 Å². The van der Waals surface area contributed by atoms with Crippen LogP contribution in [0.15, 0.2) is 28.7 Å². The molecule has 1 aromatic heterocycles. The van der Waals surface area contributed by atoms with Crippen LogP contribution in [0.3, 0.4) is 0 Å². The predicted octanol–water partition coefficient (Wildman–Crippen LogP) is 5.32. The van der Waals surface area contributed by atoms with Gasteiger partial charge in [0.1, 0.15) is 11.5 Å². The van der Waals surface area contributed by atoms with Crippen molar-refractivity contribution in [3.05, 3.63) is 52.5 Å². The predicted molar refractivity (Wildman–Crippen MR) is 113 cm³/mol. The highest BCUT2D eigenvalue weighted by Gasteiger charge is 2.29. The van der Waals surface area contributed by atoms with Gasteiger partial charge in [0.15, 0.2) is 5.76 Å². The van der Waals surface area contributed by atoms with Crippen molar-refractivity contribution in [1.82, 2.24) is 0 Å². The fourth-order valence-corrected chi connectivity index (χ4v) is 3.53. The molecule has 0 aliphatic carbocycles. The lowest BCUT2D eigenvalue weighted by Crippen LogP contribution is -2.26. The summed E-state index contributed by atoms with van der Waals surface area (Å²) in [4.78, 5) is 11.4. The highest BCUT2D eigenvalue weighted by atomic mass is 16.5. The number of carbonyl (C=O) groups excluding carboxylic acids is 1. The summed E-state index contributed by atoms with van der Waals surface area (Å²) in [6, 6.07) is 8.13. The zero-order valence-corrected chi connectivity index (χ0v) is 17.9. The first-order chi connectivity index (χ1) is 13.9. The first-order valence-electron chi connectivity index (χ1n) is 10.4. The summed E-state index contributed by atoms with van der Waals surface area (Å²) in [6.45, 7) is 9.59. The van der Waals surface area contributed by atoms with Gasteiger partial charge in [0.25, 0.3) is 0 Å². The Morgan fingerprint density at radius 3 is 2.83 bits per heavy atom. The molecule has 1 aromatic carbocycles. The van der Waals surface area contributed by atoms with Crippen molar-refractivity contribution in [3.63, 3.8) is 0 Å².